The quantitative estimate of drug-likeness (QED) is 0.919. The molecular formula is C14H16N2OS. The maximum absolute atomic E-state index is 12.1. The van der Waals surface area contributed by atoms with E-state index >= 15 is 0 Å². The first-order chi connectivity index (χ1) is 8.58. The van der Waals surface area contributed by atoms with Gasteiger partial charge in [0, 0.05) is 4.88 Å². The van der Waals surface area contributed by atoms with Gasteiger partial charge in [-0.1, -0.05) is 30.3 Å². The second-order valence-corrected chi connectivity index (χ2v) is 5.57. The van der Waals surface area contributed by atoms with Gasteiger partial charge >= 0.3 is 0 Å². The number of carbonyl (C=O) groups is 1. The number of Topliss-reactive ketones (excluding diaryl/α,β-unsaturated/α-hetero) is 1. The zero-order valence-electron chi connectivity index (χ0n) is 10.5. The molecule has 1 aromatic carbocycles. The first kappa shape index (κ1) is 12.9. The molecule has 1 atom stereocenters. The van der Waals surface area contributed by atoms with E-state index in [0.29, 0.717) is 6.42 Å². The molecule has 2 aromatic rings. The van der Waals surface area contributed by atoms with E-state index in [1.165, 1.54) is 0 Å². The minimum atomic E-state index is -0.560. The second kappa shape index (κ2) is 5.42. The van der Waals surface area contributed by atoms with Gasteiger partial charge < -0.3 is 5.73 Å². The number of hydrogen-bond donors (Lipinski definition) is 1. The highest BCUT2D eigenvalue weighted by molar-refractivity contribution is 7.11. The van der Waals surface area contributed by atoms with E-state index in [9.17, 15) is 4.79 Å². The van der Waals surface area contributed by atoms with Crippen LogP contribution in [0.4, 0.5) is 0 Å². The molecule has 0 fully saturated rings. The van der Waals surface area contributed by atoms with Crippen molar-refractivity contribution in [3.63, 3.8) is 0 Å². The van der Waals surface area contributed by atoms with Crippen molar-refractivity contribution in [1.82, 2.24) is 4.98 Å². The van der Waals surface area contributed by atoms with Gasteiger partial charge in [0.15, 0.2) is 5.78 Å². The number of hydrogen-bond acceptors (Lipinski definition) is 4. The van der Waals surface area contributed by atoms with Crippen molar-refractivity contribution in [1.29, 1.82) is 0 Å². The summed E-state index contributed by atoms with van der Waals surface area (Å²) in [7, 11) is 0. The van der Waals surface area contributed by atoms with Crippen LogP contribution in [0.5, 0.6) is 0 Å². The van der Waals surface area contributed by atoms with Crippen molar-refractivity contribution in [2.75, 3.05) is 0 Å². The number of benzene rings is 1. The average Bonchev–Trinajstić information content (AvgIpc) is 2.68. The van der Waals surface area contributed by atoms with Crippen LogP contribution in [0.3, 0.4) is 0 Å². The molecule has 18 heavy (non-hydrogen) atoms. The highest BCUT2D eigenvalue weighted by atomic mass is 32.1. The summed E-state index contributed by atoms with van der Waals surface area (Å²) in [5.41, 5.74) is 7.81. The maximum Gasteiger partial charge on any atom is 0.160 e. The fraction of sp³-hybridized carbons (Fsp3) is 0.286. The summed E-state index contributed by atoms with van der Waals surface area (Å²) >= 11 is 1.57. The molecule has 94 valence electrons. The third-order valence-corrected chi connectivity index (χ3v) is 3.98. The molecule has 0 aliphatic rings. The molecule has 2 rings (SSSR count). The van der Waals surface area contributed by atoms with Gasteiger partial charge in [0.05, 0.1) is 18.2 Å². The van der Waals surface area contributed by atoms with Crippen LogP contribution in [0.15, 0.2) is 30.3 Å². The highest BCUT2D eigenvalue weighted by Gasteiger charge is 2.17. The summed E-state index contributed by atoms with van der Waals surface area (Å²) in [6.07, 6.45) is 0.315. The lowest BCUT2D eigenvalue weighted by atomic mass is 10.0. The number of carbonyl (C=O) groups excluding carboxylic acids is 1. The second-order valence-electron chi connectivity index (χ2n) is 4.28. The normalized spacial score (nSPS) is 12.4. The molecule has 0 aliphatic carbocycles. The van der Waals surface area contributed by atoms with Gasteiger partial charge in [-0.2, -0.15) is 0 Å². The van der Waals surface area contributed by atoms with Crippen molar-refractivity contribution in [3.05, 3.63) is 51.5 Å². The van der Waals surface area contributed by atoms with Gasteiger partial charge in [-0.15, -0.1) is 11.3 Å². The van der Waals surface area contributed by atoms with Crippen LogP contribution < -0.4 is 5.73 Å². The van der Waals surface area contributed by atoms with Crippen molar-refractivity contribution < 1.29 is 4.79 Å². The molecule has 0 amide bonds. The lowest BCUT2D eigenvalue weighted by molar-refractivity contribution is -0.119. The highest BCUT2D eigenvalue weighted by Crippen LogP contribution is 2.19. The number of nitrogens with two attached hydrogens (primary N) is 1. The molecule has 0 aliphatic heterocycles. The van der Waals surface area contributed by atoms with E-state index in [1.54, 1.807) is 11.3 Å². The average molecular weight is 260 g/mol. The molecule has 4 heteroatoms. The first-order valence-electron chi connectivity index (χ1n) is 5.84. The fourth-order valence-electron chi connectivity index (χ4n) is 1.72. The van der Waals surface area contributed by atoms with Crippen molar-refractivity contribution in [2.45, 2.75) is 26.3 Å². The van der Waals surface area contributed by atoms with Crippen LogP contribution in [0.1, 0.15) is 27.2 Å². The Bertz CT molecular complexity index is 529. The number of aryl methyl sites for hydroxylation is 2. The van der Waals surface area contributed by atoms with E-state index in [1.807, 2.05) is 44.2 Å². The summed E-state index contributed by atoms with van der Waals surface area (Å²) in [5, 5.41) is 0.849. The van der Waals surface area contributed by atoms with Crippen LogP contribution in [0.2, 0.25) is 0 Å². The summed E-state index contributed by atoms with van der Waals surface area (Å²) in [5.74, 6) is 0.00921. The lowest BCUT2D eigenvalue weighted by Gasteiger charge is -2.09. The van der Waals surface area contributed by atoms with Crippen LogP contribution in [-0.2, 0) is 11.2 Å². The molecule has 0 bridgehead atoms. The Morgan fingerprint density at radius 3 is 2.56 bits per heavy atom. The van der Waals surface area contributed by atoms with E-state index < -0.39 is 6.04 Å². The third-order valence-electron chi connectivity index (χ3n) is 2.90. The maximum atomic E-state index is 12.1. The van der Waals surface area contributed by atoms with Gasteiger partial charge in [-0.3, -0.25) is 4.79 Å². The largest absolute Gasteiger partial charge is 0.318 e. The Balaban J connectivity index is 2.08. The topological polar surface area (TPSA) is 56.0 Å². The minimum absolute atomic E-state index is 0.00921. The number of nitrogens with zero attached hydrogens (tertiary/aromatic N) is 1. The van der Waals surface area contributed by atoms with E-state index in [4.69, 9.17) is 5.73 Å². The van der Waals surface area contributed by atoms with Gasteiger partial charge in [0.1, 0.15) is 5.01 Å². The van der Waals surface area contributed by atoms with Gasteiger partial charge in [0.2, 0.25) is 0 Å². The molecule has 0 unspecified atom stereocenters. The van der Waals surface area contributed by atoms with E-state index in [-0.39, 0.29) is 5.78 Å². The minimum Gasteiger partial charge on any atom is -0.318 e. The summed E-state index contributed by atoms with van der Waals surface area (Å²) in [6.45, 7) is 3.97. The van der Waals surface area contributed by atoms with Crippen LogP contribution in [0, 0.1) is 13.8 Å². The van der Waals surface area contributed by atoms with Crippen molar-refractivity contribution >= 4 is 17.1 Å². The SMILES string of the molecule is Cc1nc(CC(=O)[C@H](N)c2ccccc2)sc1C. The predicted octanol–water partition coefficient (Wildman–Crippen LogP) is 2.57. The lowest BCUT2D eigenvalue weighted by Crippen LogP contribution is -2.23. The Hall–Kier alpha value is -1.52. The number of rotatable bonds is 4. The Labute approximate surface area is 111 Å². The molecule has 0 saturated carbocycles. The summed E-state index contributed by atoms with van der Waals surface area (Å²) < 4.78 is 0. The van der Waals surface area contributed by atoms with E-state index in [2.05, 4.69) is 4.98 Å². The third kappa shape index (κ3) is 2.83. The monoisotopic (exact) mass is 260 g/mol. The number of thiazole rings is 1. The van der Waals surface area contributed by atoms with Crippen LogP contribution in [-0.4, -0.2) is 10.8 Å². The van der Waals surface area contributed by atoms with Crippen LogP contribution >= 0.6 is 11.3 Å². The predicted molar refractivity (Wildman–Crippen MR) is 73.7 cm³/mol. The molecule has 2 N–H and O–H groups in total. The van der Waals surface area contributed by atoms with Gasteiger partial charge in [-0.05, 0) is 19.4 Å². The fourth-order valence-corrected chi connectivity index (χ4v) is 2.66. The smallest absolute Gasteiger partial charge is 0.160 e. The van der Waals surface area contributed by atoms with Gasteiger partial charge in [-0.25, -0.2) is 4.98 Å². The molecule has 3 nitrogen and oxygen atoms in total. The van der Waals surface area contributed by atoms with Crippen molar-refractivity contribution in [2.24, 2.45) is 5.73 Å². The Morgan fingerprint density at radius 2 is 2.00 bits per heavy atom. The van der Waals surface area contributed by atoms with Crippen molar-refractivity contribution in [3.8, 4) is 0 Å². The number of ketones is 1. The molecule has 1 aromatic heterocycles. The standard InChI is InChI=1S/C14H16N2OS/c1-9-10(2)18-13(16-9)8-12(17)14(15)11-6-4-3-5-7-11/h3-7,14H,8,15H2,1-2H3/t14-/m1/s1. The Morgan fingerprint density at radius 1 is 1.33 bits per heavy atom. The molecule has 0 radical (unpaired) electrons. The molecular weight excluding hydrogens is 244 g/mol. The van der Waals surface area contributed by atoms with E-state index in [0.717, 1.165) is 21.1 Å². The number of aromatic nitrogens is 1. The van der Waals surface area contributed by atoms with Crippen LogP contribution in [0.25, 0.3) is 0 Å². The van der Waals surface area contributed by atoms with Gasteiger partial charge in [0.25, 0.3) is 0 Å². The molecule has 0 saturated heterocycles. The summed E-state index contributed by atoms with van der Waals surface area (Å²) in [4.78, 5) is 17.6. The molecule has 1 heterocycles. The molecule has 0 spiro atoms. The Kier molecular flexibility index (Phi) is 3.89. The first-order valence-corrected chi connectivity index (χ1v) is 6.65. The zero-order chi connectivity index (χ0) is 13.1. The summed E-state index contributed by atoms with van der Waals surface area (Å²) in [6, 6.07) is 8.88. The zero-order valence-corrected chi connectivity index (χ0v) is 11.3.